The van der Waals surface area contributed by atoms with Gasteiger partial charge in [-0.2, -0.15) is 13.2 Å². The van der Waals surface area contributed by atoms with Gasteiger partial charge in [-0.25, -0.2) is 13.1 Å². The molecular formula is C32H35ClF3N3O3S. The third-order valence-corrected chi connectivity index (χ3v) is 9.86. The van der Waals surface area contributed by atoms with E-state index in [1.807, 2.05) is 0 Å². The zero-order chi connectivity index (χ0) is 30.6. The summed E-state index contributed by atoms with van der Waals surface area (Å²) in [7, 11) is -4.41. The summed E-state index contributed by atoms with van der Waals surface area (Å²) in [6.07, 6.45) is 1.38. The number of amides is 1. The normalized spacial score (nSPS) is 18.6. The summed E-state index contributed by atoms with van der Waals surface area (Å²) in [6, 6.07) is 15.0. The summed E-state index contributed by atoms with van der Waals surface area (Å²) in [5.74, 6) is -0.373. The summed E-state index contributed by atoms with van der Waals surface area (Å²) in [5.41, 5.74) is 2.92. The second kappa shape index (κ2) is 13.4. The predicted molar refractivity (Wildman–Crippen MR) is 160 cm³/mol. The number of hydrogen-bond donors (Lipinski definition) is 2. The molecule has 6 nitrogen and oxygen atoms in total. The van der Waals surface area contributed by atoms with Crippen LogP contribution in [0.5, 0.6) is 0 Å². The standard InChI is InChI=1S/C32H35ClF3N3O3S/c33-26-13-11-23(12-14-26)30(38-43(41,42)27-8-5-7-25(19-27)32(34,35)36)20-31(40)37-29-9-4-6-24-18-22(10-15-28(24)29)21-39-16-2-1-3-17-39/h5,7-8,10-15,18-19,29-30,38H,1-4,6,9,16-17,20-21H2,(H,37,40). The van der Waals surface area contributed by atoms with Crippen molar-refractivity contribution in [2.45, 2.75) is 74.6 Å². The molecule has 2 unspecified atom stereocenters. The lowest BCUT2D eigenvalue weighted by Gasteiger charge is -2.29. The Morgan fingerprint density at radius 1 is 0.977 bits per heavy atom. The lowest BCUT2D eigenvalue weighted by molar-refractivity contribution is -0.137. The molecule has 1 heterocycles. The highest BCUT2D eigenvalue weighted by Crippen LogP contribution is 2.33. The summed E-state index contributed by atoms with van der Waals surface area (Å²) >= 11 is 6.03. The first-order valence-corrected chi connectivity index (χ1v) is 16.4. The van der Waals surface area contributed by atoms with E-state index in [9.17, 15) is 26.4 Å². The first-order valence-electron chi connectivity index (χ1n) is 14.6. The van der Waals surface area contributed by atoms with Gasteiger partial charge < -0.3 is 5.32 Å². The number of piperidine rings is 1. The molecule has 230 valence electrons. The highest BCUT2D eigenvalue weighted by Gasteiger charge is 2.33. The molecule has 2 aliphatic rings. The Labute approximate surface area is 255 Å². The van der Waals surface area contributed by atoms with Gasteiger partial charge in [-0.05, 0) is 97.8 Å². The first kappa shape index (κ1) is 31.5. The summed E-state index contributed by atoms with van der Waals surface area (Å²) in [6.45, 7) is 3.14. The molecule has 11 heteroatoms. The molecule has 43 heavy (non-hydrogen) atoms. The van der Waals surface area contributed by atoms with Gasteiger partial charge >= 0.3 is 6.18 Å². The summed E-state index contributed by atoms with van der Waals surface area (Å²) in [4.78, 5) is 15.3. The van der Waals surface area contributed by atoms with Gasteiger partial charge in [-0.15, -0.1) is 0 Å². The number of nitrogens with zero attached hydrogens (tertiary/aromatic N) is 1. The second-order valence-corrected chi connectivity index (χ2v) is 13.5. The van der Waals surface area contributed by atoms with Crippen molar-refractivity contribution in [1.82, 2.24) is 14.9 Å². The summed E-state index contributed by atoms with van der Waals surface area (Å²) in [5, 5.41) is 3.51. The molecule has 0 spiro atoms. The number of nitrogens with one attached hydrogen (secondary N) is 2. The van der Waals surface area contributed by atoms with Crippen LogP contribution in [0.3, 0.4) is 0 Å². The molecule has 0 aromatic heterocycles. The molecule has 3 aromatic carbocycles. The van der Waals surface area contributed by atoms with Gasteiger partial charge in [0.1, 0.15) is 0 Å². The highest BCUT2D eigenvalue weighted by molar-refractivity contribution is 7.89. The summed E-state index contributed by atoms with van der Waals surface area (Å²) < 4.78 is 68.7. The van der Waals surface area contributed by atoms with E-state index in [0.29, 0.717) is 16.7 Å². The van der Waals surface area contributed by atoms with Crippen LogP contribution in [0.2, 0.25) is 5.02 Å². The zero-order valence-corrected chi connectivity index (χ0v) is 25.2. The highest BCUT2D eigenvalue weighted by atomic mass is 35.5. The zero-order valence-electron chi connectivity index (χ0n) is 23.7. The number of rotatable bonds is 9. The maximum absolute atomic E-state index is 13.4. The number of alkyl halides is 3. The Kier molecular flexibility index (Phi) is 9.80. The Bertz CT molecular complexity index is 1540. The Morgan fingerprint density at radius 3 is 2.44 bits per heavy atom. The van der Waals surface area contributed by atoms with Crippen LogP contribution in [-0.2, 0) is 34.0 Å². The van der Waals surface area contributed by atoms with Crippen LogP contribution in [-0.4, -0.2) is 32.3 Å². The average Bonchev–Trinajstić information content (AvgIpc) is 2.97. The van der Waals surface area contributed by atoms with Gasteiger partial charge in [-0.3, -0.25) is 9.69 Å². The molecule has 0 saturated carbocycles. The van der Waals surface area contributed by atoms with Gasteiger partial charge in [-0.1, -0.05) is 54.4 Å². The quantitative estimate of drug-likeness (QED) is 0.267. The van der Waals surface area contributed by atoms with Crippen molar-refractivity contribution < 1.29 is 26.4 Å². The van der Waals surface area contributed by atoms with Gasteiger partial charge in [0.25, 0.3) is 0 Å². The molecule has 2 N–H and O–H groups in total. The fourth-order valence-corrected chi connectivity index (χ4v) is 7.34. The van der Waals surface area contributed by atoms with Crippen LogP contribution in [0, 0.1) is 0 Å². The van der Waals surface area contributed by atoms with Crippen molar-refractivity contribution in [3.8, 4) is 0 Å². The maximum Gasteiger partial charge on any atom is 0.416 e. The van der Waals surface area contributed by atoms with Gasteiger partial charge in [0.2, 0.25) is 15.9 Å². The molecule has 1 aliphatic heterocycles. The van der Waals surface area contributed by atoms with Crippen LogP contribution in [0.1, 0.15) is 78.4 Å². The molecule has 0 bridgehead atoms. The lowest BCUT2D eigenvalue weighted by Crippen LogP contribution is -2.36. The third kappa shape index (κ3) is 8.17. The van der Waals surface area contributed by atoms with Gasteiger partial charge in [0.05, 0.1) is 22.5 Å². The van der Waals surface area contributed by atoms with Crippen molar-refractivity contribution in [1.29, 1.82) is 0 Å². The number of sulfonamides is 1. The van der Waals surface area contributed by atoms with E-state index in [2.05, 4.69) is 33.1 Å². The number of aryl methyl sites for hydroxylation is 1. The lowest BCUT2D eigenvalue weighted by atomic mass is 9.86. The second-order valence-electron chi connectivity index (χ2n) is 11.3. The van der Waals surface area contributed by atoms with Crippen molar-refractivity contribution >= 4 is 27.5 Å². The topological polar surface area (TPSA) is 78.5 Å². The minimum atomic E-state index is -4.70. The monoisotopic (exact) mass is 633 g/mol. The Morgan fingerprint density at radius 2 is 1.72 bits per heavy atom. The molecule has 0 radical (unpaired) electrons. The third-order valence-electron chi connectivity index (χ3n) is 8.14. The maximum atomic E-state index is 13.4. The molecule has 3 aromatic rings. The van der Waals surface area contributed by atoms with Crippen LogP contribution < -0.4 is 10.0 Å². The van der Waals surface area contributed by atoms with E-state index in [1.165, 1.54) is 30.4 Å². The number of carbonyl (C=O) groups is 1. The average molecular weight is 634 g/mol. The first-order chi connectivity index (χ1) is 20.5. The van der Waals surface area contributed by atoms with Gasteiger partial charge in [0, 0.05) is 18.0 Å². The van der Waals surface area contributed by atoms with Crippen LogP contribution in [0.4, 0.5) is 13.2 Å². The van der Waals surface area contributed by atoms with E-state index in [-0.39, 0.29) is 18.4 Å². The van der Waals surface area contributed by atoms with Crippen molar-refractivity contribution in [2.75, 3.05) is 13.1 Å². The van der Waals surface area contributed by atoms with E-state index in [1.54, 1.807) is 24.3 Å². The molecule has 2 atom stereocenters. The minimum absolute atomic E-state index is 0.216. The number of fused-ring (bicyclic) bond motifs is 1. The number of carbonyl (C=O) groups excluding carboxylic acids is 1. The van der Waals surface area contributed by atoms with Gasteiger partial charge in [0.15, 0.2) is 0 Å². The number of hydrogen-bond acceptors (Lipinski definition) is 4. The van der Waals surface area contributed by atoms with E-state index >= 15 is 0 Å². The van der Waals surface area contributed by atoms with Crippen LogP contribution >= 0.6 is 11.6 Å². The molecule has 5 rings (SSSR count). The Hall–Kier alpha value is -2.92. The van der Waals surface area contributed by atoms with E-state index in [4.69, 9.17) is 11.6 Å². The molecule has 1 fully saturated rings. The van der Waals surface area contributed by atoms with E-state index in [0.717, 1.165) is 62.7 Å². The minimum Gasteiger partial charge on any atom is -0.349 e. The SMILES string of the molecule is O=C(CC(NS(=O)(=O)c1cccc(C(F)(F)F)c1)c1ccc(Cl)cc1)NC1CCCc2cc(CN3CCCCC3)ccc21. The van der Waals surface area contributed by atoms with Crippen molar-refractivity contribution in [3.63, 3.8) is 0 Å². The van der Waals surface area contributed by atoms with Crippen LogP contribution in [0.15, 0.2) is 71.6 Å². The number of halogens is 4. The molecule has 1 aliphatic carbocycles. The Balaban J connectivity index is 1.32. The van der Waals surface area contributed by atoms with Crippen molar-refractivity contribution in [3.05, 3.63) is 99.6 Å². The predicted octanol–water partition coefficient (Wildman–Crippen LogP) is 6.95. The fourth-order valence-electron chi connectivity index (χ4n) is 5.95. The molecular weight excluding hydrogens is 599 g/mol. The molecule has 1 amide bonds. The van der Waals surface area contributed by atoms with Crippen LogP contribution in [0.25, 0.3) is 0 Å². The largest absolute Gasteiger partial charge is 0.416 e. The van der Waals surface area contributed by atoms with E-state index < -0.39 is 32.7 Å². The molecule has 1 saturated heterocycles. The number of likely N-dealkylation sites (tertiary alicyclic amines) is 1. The smallest absolute Gasteiger partial charge is 0.349 e. The van der Waals surface area contributed by atoms with Crippen molar-refractivity contribution in [2.24, 2.45) is 0 Å². The number of benzene rings is 3. The fraction of sp³-hybridized carbons (Fsp3) is 0.406.